The number of piperidine rings is 1. The number of anilines is 1. The normalized spacial score (nSPS) is 16.2. The number of rotatable bonds is 4. The molecule has 2 aromatic heterocycles. The van der Waals surface area contributed by atoms with Crippen LogP contribution in [0.2, 0.25) is 0 Å². The van der Waals surface area contributed by atoms with Gasteiger partial charge in [0, 0.05) is 66.1 Å². The zero-order chi connectivity index (χ0) is 20.6. The maximum absolute atomic E-state index is 14.7. The van der Waals surface area contributed by atoms with E-state index in [4.69, 9.17) is 0 Å². The Morgan fingerprint density at radius 2 is 1.90 bits per heavy atom. The van der Waals surface area contributed by atoms with Crippen molar-refractivity contribution in [3.8, 4) is 11.1 Å². The molecular formula is C21H23FN4O2S. The summed E-state index contributed by atoms with van der Waals surface area (Å²) in [5.41, 5.74) is 2.57. The molecule has 3 heterocycles. The number of aryl methyl sites for hydroxylation is 1. The van der Waals surface area contributed by atoms with E-state index in [1.54, 1.807) is 25.5 Å². The first kappa shape index (κ1) is 19.7. The van der Waals surface area contributed by atoms with Crippen molar-refractivity contribution in [2.75, 3.05) is 24.7 Å². The number of aromatic nitrogens is 2. The number of pyridine rings is 2. The molecule has 3 aromatic rings. The molecule has 1 fully saturated rings. The third-order valence-corrected chi connectivity index (χ3v) is 6.71. The molecule has 1 N–H and O–H groups in total. The Kier molecular flexibility index (Phi) is 5.23. The molecule has 0 amide bonds. The molecule has 1 saturated heterocycles. The van der Waals surface area contributed by atoms with E-state index in [1.165, 1.54) is 16.8 Å². The Morgan fingerprint density at radius 1 is 1.14 bits per heavy atom. The number of halogens is 1. The molecule has 0 radical (unpaired) electrons. The van der Waals surface area contributed by atoms with Gasteiger partial charge in [-0.1, -0.05) is 0 Å². The molecule has 0 unspecified atom stereocenters. The highest BCUT2D eigenvalue weighted by molar-refractivity contribution is 7.88. The third-order valence-electron chi connectivity index (χ3n) is 5.40. The molecule has 0 spiro atoms. The topological polar surface area (TPSA) is 75.2 Å². The van der Waals surface area contributed by atoms with Gasteiger partial charge in [0.05, 0.1) is 6.26 Å². The minimum atomic E-state index is -3.16. The number of hydrogen-bond acceptors (Lipinski definition) is 5. The lowest BCUT2D eigenvalue weighted by Crippen LogP contribution is -2.41. The second-order valence-electron chi connectivity index (χ2n) is 7.52. The first-order chi connectivity index (χ1) is 13.8. The van der Waals surface area contributed by atoms with Gasteiger partial charge in [0.2, 0.25) is 10.0 Å². The van der Waals surface area contributed by atoms with Crippen LogP contribution in [0.3, 0.4) is 0 Å². The molecule has 4 rings (SSSR count). The van der Waals surface area contributed by atoms with Crippen LogP contribution in [0.1, 0.15) is 18.4 Å². The van der Waals surface area contributed by atoms with Crippen molar-refractivity contribution >= 4 is 26.5 Å². The van der Waals surface area contributed by atoms with Crippen LogP contribution in [0.4, 0.5) is 10.1 Å². The minimum absolute atomic E-state index is 0.132. The standard InChI is InChI=1S/C21H23FN4O2S/c1-14-11-24-13-19(21(14)22)16-9-15-3-6-23-12-18(15)20(10-16)25-17-4-7-26(8-5-17)29(2,27)28/h3,6,9-13,17,25H,4-5,7-8H2,1-2H3. The van der Waals surface area contributed by atoms with E-state index in [-0.39, 0.29) is 11.9 Å². The molecular weight excluding hydrogens is 391 g/mol. The second kappa shape index (κ2) is 7.68. The fourth-order valence-corrected chi connectivity index (χ4v) is 4.65. The lowest BCUT2D eigenvalue weighted by atomic mass is 9.99. The molecule has 6 nitrogen and oxygen atoms in total. The highest BCUT2D eigenvalue weighted by Crippen LogP contribution is 2.33. The average Bonchev–Trinajstić information content (AvgIpc) is 2.70. The Morgan fingerprint density at radius 3 is 2.62 bits per heavy atom. The van der Waals surface area contributed by atoms with E-state index < -0.39 is 10.0 Å². The lowest BCUT2D eigenvalue weighted by Gasteiger charge is -2.31. The fourth-order valence-electron chi connectivity index (χ4n) is 3.78. The summed E-state index contributed by atoms with van der Waals surface area (Å²) >= 11 is 0. The Labute approximate surface area is 169 Å². The predicted octanol–water partition coefficient (Wildman–Crippen LogP) is 3.58. The molecule has 1 aromatic carbocycles. The molecule has 152 valence electrons. The number of hydrogen-bond donors (Lipinski definition) is 1. The summed E-state index contributed by atoms with van der Waals surface area (Å²) in [5.74, 6) is -0.277. The monoisotopic (exact) mass is 414 g/mol. The first-order valence-electron chi connectivity index (χ1n) is 9.53. The van der Waals surface area contributed by atoms with Crippen LogP contribution in [-0.4, -0.2) is 48.1 Å². The second-order valence-corrected chi connectivity index (χ2v) is 9.50. The number of nitrogens with zero attached hydrogens (tertiary/aromatic N) is 3. The fraction of sp³-hybridized carbons (Fsp3) is 0.333. The van der Waals surface area contributed by atoms with Gasteiger partial charge >= 0.3 is 0 Å². The van der Waals surface area contributed by atoms with Crippen molar-refractivity contribution in [1.82, 2.24) is 14.3 Å². The van der Waals surface area contributed by atoms with Gasteiger partial charge in [-0.15, -0.1) is 0 Å². The van der Waals surface area contributed by atoms with Crippen LogP contribution in [0.5, 0.6) is 0 Å². The largest absolute Gasteiger partial charge is 0.382 e. The summed E-state index contributed by atoms with van der Waals surface area (Å²) in [6, 6.07) is 5.89. The third kappa shape index (κ3) is 4.09. The number of benzene rings is 1. The smallest absolute Gasteiger partial charge is 0.211 e. The van der Waals surface area contributed by atoms with E-state index >= 15 is 0 Å². The van der Waals surface area contributed by atoms with E-state index in [2.05, 4.69) is 15.3 Å². The van der Waals surface area contributed by atoms with Crippen molar-refractivity contribution in [2.24, 2.45) is 0 Å². The van der Waals surface area contributed by atoms with Gasteiger partial charge in [0.1, 0.15) is 5.82 Å². The van der Waals surface area contributed by atoms with Crippen molar-refractivity contribution in [3.63, 3.8) is 0 Å². The molecule has 1 aliphatic rings. The van der Waals surface area contributed by atoms with E-state index in [9.17, 15) is 12.8 Å². The maximum atomic E-state index is 14.7. The quantitative estimate of drug-likeness (QED) is 0.706. The Balaban J connectivity index is 1.68. The molecule has 0 bridgehead atoms. The summed E-state index contributed by atoms with van der Waals surface area (Å²) in [5, 5.41) is 5.44. The van der Waals surface area contributed by atoms with Crippen LogP contribution in [0.15, 0.2) is 43.0 Å². The predicted molar refractivity (Wildman–Crippen MR) is 113 cm³/mol. The zero-order valence-corrected chi connectivity index (χ0v) is 17.2. The van der Waals surface area contributed by atoms with E-state index in [1.807, 2.05) is 18.2 Å². The van der Waals surface area contributed by atoms with Crippen LogP contribution >= 0.6 is 0 Å². The summed E-state index contributed by atoms with van der Waals surface area (Å²) in [6.07, 6.45) is 9.22. The number of sulfonamides is 1. The number of fused-ring (bicyclic) bond motifs is 1. The molecule has 0 aliphatic carbocycles. The van der Waals surface area contributed by atoms with Gasteiger partial charge in [0.15, 0.2) is 0 Å². The van der Waals surface area contributed by atoms with Gasteiger partial charge in [0.25, 0.3) is 0 Å². The minimum Gasteiger partial charge on any atom is -0.382 e. The molecule has 1 aliphatic heterocycles. The van der Waals surface area contributed by atoms with Crippen molar-refractivity contribution < 1.29 is 12.8 Å². The van der Waals surface area contributed by atoms with Gasteiger partial charge in [-0.05, 0) is 48.9 Å². The number of nitrogens with one attached hydrogen (secondary N) is 1. The van der Waals surface area contributed by atoms with Gasteiger partial charge in [-0.3, -0.25) is 9.97 Å². The first-order valence-corrected chi connectivity index (χ1v) is 11.4. The highest BCUT2D eigenvalue weighted by atomic mass is 32.2. The van der Waals surface area contributed by atoms with Gasteiger partial charge < -0.3 is 5.32 Å². The van der Waals surface area contributed by atoms with Gasteiger partial charge in [-0.2, -0.15) is 0 Å². The van der Waals surface area contributed by atoms with Crippen LogP contribution < -0.4 is 5.32 Å². The van der Waals surface area contributed by atoms with Crippen LogP contribution in [0.25, 0.3) is 21.9 Å². The van der Waals surface area contributed by atoms with E-state index in [0.717, 1.165) is 22.0 Å². The van der Waals surface area contributed by atoms with Crippen LogP contribution in [0, 0.1) is 12.7 Å². The Bertz CT molecular complexity index is 1160. The lowest BCUT2D eigenvalue weighted by molar-refractivity contribution is 0.332. The van der Waals surface area contributed by atoms with Crippen molar-refractivity contribution in [3.05, 3.63) is 54.4 Å². The summed E-state index contributed by atoms with van der Waals surface area (Å²) in [6.45, 7) is 2.68. The molecule has 8 heteroatoms. The molecule has 29 heavy (non-hydrogen) atoms. The highest BCUT2D eigenvalue weighted by Gasteiger charge is 2.25. The Hall–Kier alpha value is -2.58. The summed E-state index contributed by atoms with van der Waals surface area (Å²) in [4.78, 5) is 8.37. The van der Waals surface area contributed by atoms with Crippen molar-refractivity contribution in [1.29, 1.82) is 0 Å². The summed E-state index contributed by atoms with van der Waals surface area (Å²) in [7, 11) is -3.16. The molecule has 0 atom stereocenters. The SMILES string of the molecule is Cc1cncc(-c2cc(NC3CCN(S(C)(=O)=O)CC3)c3cnccc3c2)c1F. The van der Waals surface area contributed by atoms with E-state index in [0.29, 0.717) is 37.1 Å². The summed E-state index contributed by atoms with van der Waals surface area (Å²) < 4.78 is 39.7. The van der Waals surface area contributed by atoms with Gasteiger partial charge in [-0.25, -0.2) is 17.1 Å². The molecule has 0 saturated carbocycles. The maximum Gasteiger partial charge on any atom is 0.211 e. The average molecular weight is 415 g/mol. The van der Waals surface area contributed by atoms with Crippen molar-refractivity contribution in [2.45, 2.75) is 25.8 Å². The van der Waals surface area contributed by atoms with Crippen LogP contribution in [-0.2, 0) is 10.0 Å². The zero-order valence-electron chi connectivity index (χ0n) is 16.4.